The first-order valence-corrected chi connectivity index (χ1v) is 7.90. The smallest absolute Gasteiger partial charge is 0.243 e. The van der Waals surface area contributed by atoms with Gasteiger partial charge >= 0.3 is 0 Å². The van der Waals surface area contributed by atoms with Gasteiger partial charge in [-0.25, -0.2) is 17.5 Å². The lowest BCUT2D eigenvalue weighted by Gasteiger charge is -2.19. The first-order chi connectivity index (χ1) is 9.47. The highest BCUT2D eigenvalue weighted by molar-refractivity contribution is 7.89. The van der Waals surface area contributed by atoms with Crippen molar-refractivity contribution in [1.29, 1.82) is 0 Å². The highest BCUT2D eigenvalue weighted by atomic mass is 32.2. The SMILES string of the molecule is COC1CCCC1NS(=O)(=O)c1ccc(CO)cc1F. The van der Waals surface area contributed by atoms with Crippen LogP contribution < -0.4 is 4.72 Å². The zero-order valence-corrected chi connectivity index (χ0v) is 12.0. The number of rotatable bonds is 5. The van der Waals surface area contributed by atoms with Crippen LogP contribution in [0.3, 0.4) is 0 Å². The van der Waals surface area contributed by atoms with Crippen LogP contribution in [0.25, 0.3) is 0 Å². The molecule has 2 atom stereocenters. The van der Waals surface area contributed by atoms with Gasteiger partial charge in [0.25, 0.3) is 0 Å². The maximum Gasteiger partial charge on any atom is 0.243 e. The Bertz CT molecular complexity index is 576. The van der Waals surface area contributed by atoms with Crippen LogP contribution in [0.1, 0.15) is 24.8 Å². The summed E-state index contributed by atoms with van der Waals surface area (Å²) in [5.74, 6) is -0.865. The lowest BCUT2D eigenvalue weighted by atomic mass is 10.2. The van der Waals surface area contributed by atoms with Crippen LogP contribution in [-0.2, 0) is 21.4 Å². The van der Waals surface area contributed by atoms with Gasteiger partial charge in [-0.1, -0.05) is 6.07 Å². The number of hydrogen-bond acceptors (Lipinski definition) is 4. The van der Waals surface area contributed by atoms with Gasteiger partial charge in [-0.3, -0.25) is 0 Å². The third kappa shape index (κ3) is 3.17. The lowest BCUT2D eigenvalue weighted by molar-refractivity contribution is 0.0916. The van der Waals surface area contributed by atoms with Gasteiger partial charge in [0.2, 0.25) is 10.0 Å². The molecule has 0 saturated heterocycles. The molecule has 1 aliphatic rings. The molecular formula is C13H18FNO4S. The molecule has 0 amide bonds. The van der Waals surface area contributed by atoms with E-state index < -0.39 is 20.7 Å². The molecule has 5 nitrogen and oxygen atoms in total. The molecule has 112 valence electrons. The second-order valence-corrected chi connectivity index (χ2v) is 6.54. The minimum atomic E-state index is -3.93. The van der Waals surface area contributed by atoms with E-state index in [0.29, 0.717) is 12.0 Å². The average Bonchev–Trinajstić information content (AvgIpc) is 2.84. The standard InChI is InChI=1S/C13H18FNO4S/c1-19-12-4-2-3-11(12)15-20(17,18)13-6-5-9(8-16)7-10(13)14/h5-7,11-12,15-16H,2-4,8H2,1H3. The topological polar surface area (TPSA) is 75.6 Å². The number of halogens is 1. The molecule has 0 bridgehead atoms. The minimum Gasteiger partial charge on any atom is -0.392 e. The number of sulfonamides is 1. The number of methoxy groups -OCH3 is 1. The van der Waals surface area contributed by atoms with E-state index in [1.807, 2.05) is 0 Å². The van der Waals surface area contributed by atoms with Gasteiger partial charge in [0.05, 0.1) is 12.7 Å². The summed E-state index contributed by atoms with van der Waals surface area (Å²) in [6.45, 7) is -0.334. The molecule has 1 aromatic rings. The van der Waals surface area contributed by atoms with Gasteiger partial charge in [0, 0.05) is 13.2 Å². The van der Waals surface area contributed by atoms with E-state index in [-0.39, 0.29) is 18.8 Å². The zero-order valence-electron chi connectivity index (χ0n) is 11.2. The summed E-state index contributed by atoms with van der Waals surface area (Å²) >= 11 is 0. The number of ether oxygens (including phenoxy) is 1. The molecule has 0 spiro atoms. The van der Waals surface area contributed by atoms with Crippen LogP contribution in [0.4, 0.5) is 4.39 Å². The number of benzene rings is 1. The Hall–Kier alpha value is -1.02. The zero-order chi connectivity index (χ0) is 14.8. The van der Waals surface area contributed by atoms with Gasteiger partial charge < -0.3 is 9.84 Å². The molecule has 0 aromatic heterocycles. The van der Waals surface area contributed by atoms with Gasteiger partial charge in [0.15, 0.2) is 0 Å². The monoisotopic (exact) mass is 303 g/mol. The summed E-state index contributed by atoms with van der Waals surface area (Å²) in [7, 11) is -2.39. The third-order valence-electron chi connectivity index (χ3n) is 3.53. The van der Waals surface area contributed by atoms with Crippen LogP contribution >= 0.6 is 0 Å². The predicted molar refractivity (Wildman–Crippen MR) is 71.1 cm³/mol. The van der Waals surface area contributed by atoms with Crippen molar-refractivity contribution in [2.45, 2.75) is 42.9 Å². The average molecular weight is 303 g/mol. The summed E-state index contributed by atoms with van der Waals surface area (Å²) in [4.78, 5) is -0.406. The molecule has 1 saturated carbocycles. The Kier molecular flexibility index (Phi) is 4.74. The molecule has 2 rings (SSSR count). The fourth-order valence-corrected chi connectivity index (χ4v) is 3.82. The number of aliphatic hydroxyl groups is 1. The highest BCUT2D eigenvalue weighted by Crippen LogP contribution is 2.24. The molecule has 7 heteroatoms. The van der Waals surface area contributed by atoms with E-state index in [1.54, 1.807) is 0 Å². The van der Waals surface area contributed by atoms with Crippen molar-refractivity contribution in [3.8, 4) is 0 Å². The molecule has 1 aliphatic carbocycles. The van der Waals surface area contributed by atoms with Crippen molar-refractivity contribution in [1.82, 2.24) is 4.72 Å². The van der Waals surface area contributed by atoms with E-state index in [0.717, 1.165) is 18.9 Å². The van der Waals surface area contributed by atoms with E-state index in [2.05, 4.69) is 4.72 Å². The van der Waals surface area contributed by atoms with E-state index in [4.69, 9.17) is 9.84 Å². The van der Waals surface area contributed by atoms with Crippen LogP contribution in [0, 0.1) is 5.82 Å². The summed E-state index contributed by atoms with van der Waals surface area (Å²) < 4.78 is 45.9. The third-order valence-corrected chi connectivity index (χ3v) is 5.05. The summed E-state index contributed by atoms with van der Waals surface area (Å²) in [6.07, 6.45) is 2.16. The fraction of sp³-hybridized carbons (Fsp3) is 0.538. The highest BCUT2D eigenvalue weighted by Gasteiger charge is 2.32. The molecule has 0 aliphatic heterocycles. The quantitative estimate of drug-likeness (QED) is 0.856. The summed E-state index contributed by atoms with van der Waals surface area (Å²) in [6, 6.07) is 3.25. The van der Waals surface area contributed by atoms with E-state index in [1.165, 1.54) is 19.2 Å². The molecule has 20 heavy (non-hydrogen) atoms. The Morgan fingerprint density at radius 2 is 2.20 bits per heavy atom. The van der Waals surface area contributed by atoms with Crippen LogP contribution in [0.2, 0.25) is 0 Å². The van der Waals surface area contributed by atoms with Crippen molar-refractivity contribution < 1.29 is 22.7 Å². The van der Waals surface area contributed by atoms with Crippen molar-refractivity contribution in [3.05, 3.63) is 29.6 Å². The normalized spacial score (nSPS) is 23.1. The minimum absolute atomic E-state index is 0.176. The van der Waals surface area contributed by atoms with Gasteiger partial charge in [-0.05, 0) is 37.0 Å². The van der Waals surface area contributed by atoms with Crippen LogP contribution in [0.5, 0.6) is 0 Å². The fourth-order valence-electron chi connectivity index (χ4n) is 2.47. The second kappa shape index (κ2) is 6.17. The Labute approximate surface area is 117 Å². The number of nitrogens with one attached hydrogen (secondary N) is 1. The van der Waals surface area contributed by atoms with Gasteiger partial charge in [-0.2, -0.15) is 0 Å². The second-order valence-electron chi connectivity index (χ2n) is 4.86. The number of hydrogen-bond donors (Lipinski definition) is 2. The van der Waals surface area contributed by atoms with E-state index >= 15 is 0 Å². The van der Waals surface area contributed by atoms with Crippen molar-refractivity contribution in [3.63, 3.8) is 0 Å². The molecule has 1 fully saturated rings. The first kappa shape index (κ1) is 15.4. The van der Waals surface area contributed by atoms with Gasteiger partial charge in [-0.15, -0.1) is 0 Å². The molecular weight excluding hydrogens is 285 g/mol. The summed E-state index contributed by atoms with van der Waals surface area (Å²) in [5.41, 5.74) is 0.331. The van der Waals surface area contributed by atoms with Crippen molar-refractivity contribution in [2.75, 3.05) is 7.11 Å². The maximum atomic E-state index is 13.8. The molecule has 2 N–H and O–H groups in total. The number of aliphatic hydroxyl groups excluding tert-OH is 1. The van der Waals surface area contributed by atoms with Crippen molar-refractivity contribution >= 4 is 10.0 Å². The molecule has 0 radical (unpaired) electrons. The lowest BCUT2D eigenvalue weighted by Crippen LogP contribution is -2.40. The molecule has 1 aromatic carbocycles. The van der Waals surface area contributed by atoms with Crippen molar-refractivity contribution in [2.24, 2.45) is 0 Å². The predicted octanol–water partition coefficient (Wildman–Crippen LogP) is 1.16. The largest absolute Gasteiger partial charge is 0.392 e. The molecule has 2 unspecified atom stereocenters. The Morgan fingerprint density at radius 1 is 1.45 bits per heavy atom. The van der Waals surface area contributed by atoms with Crippen LogP contribution in [-0.4, -0.2) is 32.8 Å². The van der Waals surface area contributed by atoms with Crippen LogP contribution in [0.15, 0.2) is 23.1 Å². The Balaban J connectivity index is 2.22. The van der Waals surface area contributed by atoms with Gasteiger partial charge in [0.1, 0.15) is 10.7 Å². The Morgan fingerprint density at radius 3 is 2.80 bits per heavy atom. The first-order valence-electron chi connectivity index (χ1n) is 6.42. The summed E-state index contributed by atoms with van der Waals surface area (Å²) in [5, 5.41) is 8.90. The van der Waals surface area contributed by atoms with E-state index in [9.17, 15) is 12.8 Å². The molecule has 0 heterocycles. The maximum absolute atomic E-state index is 13.8.